The number of Topliss-reactive ketones (excluding diaryl/α,β-unsaturated/α-hetero) is 1. The average Bonchev–Trinajstić information content (AvgIpc) is 2.90. The molecule has 4 rings (SSSR count). The molecule has 3 N–H and O–H groups in total. The molecule has 3 aromatic rings. The molecular formula is C26H29ClN6O4. The van der Waals surface area contributed by atoms with Gasteiger partial charge < -0.3 is 30.3 Å². The standard InChI is InChI=1S/C26H29ClN6O4/c1-32(2)16-10-12-33(13-11-16)17-8-9-21(22(14-17)37-3)30-26-28-15-19(27)24(31-26)29-20-7-5-4-6-18(20)23(34)25(35)36/h4-9,14-16H,10-13H2,1-3H3,(H,35,36)(H2,28,29,30,31). The molecule has 0 saturated carbocycles. The fourth-order valence-corrected chi connectivity index (χ4v) is 4.43. The highest BCUT2D eigenvalue weighted by molar-refractivity contribution is 6.41. The van der Waals surface area contributed by atoms with Crippen molar-refractivity contribution in [3.05, 3.63) is 59.2 Å². The summed E-state index contributed by atoms with van der Waals surface area (Å²) in [5.74, 6) is -1.50. The molecule has 2 aromatic carbocycles. The molecule has 10 nitrogen and oxygen atoms in total. The van der Waals surface area contributed by atoms with Crippen LogP contribution >= 0.6 is 11.6 Å². The Labute approximate surface area is 220 Å². The molecule has 0 spiro atoms. The van der Waals surface area contributed by atoms with Crippen molar-refractivity contribution in [2.24, 2.45) is 0 Å². The number of nitrogens with zero attached hydrogens (tertiary/aromatic N) is 4. The van der Waals surface area contributed by atoms with Crippen LogP contribution < -0.4 is 20.3 Å². The first-order valence-corrected chi connectivity index (χ1v) is 12.2. The first-order chi connectivity index (χ1) is 17.8. The van der Waals surface area contributed by atoms with Gasteiger partial charge in [-0.25, -0.2) is 9.78 Å². The van der Waals surface area contributed by atoms with E-state index in [-0.39, 0.29) is 28.0 Å². The smallest absolute Gasteiger partial charge is 0.377 e. The summed E-state index contributed by atoms with van der Waals surface area (Å²) in [4.78, 5) is 36.6. The number of piperidine rings is 1. The Morgan fingerprint density at radius 3 is 2.51 bits per heavy atom. The molecule has 1 aromatic heterocycles. The van der Waals surface area contributed by atoms with E-state index in [1.54, 1.807) is 25.3 Å². The summed E-state index contributed by atoms with van der Waals surface area (Å²) in [7, 11) is 5.85. The average molecular weight is 525 g/mol. The number of carbonyl (C=O) groups excluding carboxylic acids is 1. The van der Waals surface area contributed by atoms with Crippen molar-refractivity contribution < 1.29 is 19.4 Å². The van der Waals surface area contributed by atoms with Gasteiger partial charge in [0.15, 0.2) is 5.82 Å². The molecular weight excluding hydrogens is 496 g/mol. The minimum Gasteiger partial charge on any atom is -0.494 e. The van der Waals surface area contributed by atoms with Crippen molar-refractivity contribution in [1.82, 2.24) is 14.9 Å². The Hall–Kier alpha value is -3.89. The van der Waals surface area contributed by atoms with Crippen LogP contribution in [0.2, 0.25) is 5.02 Å². The summed E-state index contributed by atoms with van der Waals surface area (Å²) >= 11 is 6.29. The van der Waals surface area contributed by atoms with Gasteiger partial charge in [-0.15, -0.1) is 0 Å². The van der Waals surface area contributed by atoms with Crippen LogP contribution in [0.25, 0.3) is 0 Å². The Bertz CT molecular complexity index is 1290. The second-order valence-electron chi connectivity index (χ2n) is 8.89. The monoisotopic (exact) mass is 524 g/mol. The Balaban J connectivity index is 1.53. The SMILES string of the molecule is COc1cc(N2CCC(N(C)C)CC2)ccc1Nc1ncc(Cl)c(Nc2ccccc2C(=O)C(=O)O)n1. The number of methoxy groups -OCH3 is 1. The highest BCUT2D eigenvalue weighted by Crippen LogP contribution is 2.34. The summed E-state index contributed by atoms with van der Waals surface area (Å²) in [6, 6.07) is 12.8. The fraction of sp³-hybridized carbons (Fsp3) is 0.308. The molecule has 0 unspecified atom stereocenters. The molecule has 0 bridgehead atoms. The predicted molar refractivity (Wildman–Crippen MR) is 144 cm³/mol. The zero-order chi connectivity index (χ0) is 26.5. The maximum absolute atomic E-state index is 12.1. The van der Waals surface area contributed by atoms with E-state index in [1.807, 2.05) is 18.2 Å². The summed E-state index contributed by atoms with van der Waals surface area (Å²) in [5, 5.41) is 15.4. The van der Waals surface area contributed by atoms with E-state index in [0.29, 0.717) is 17.5 Å². The minimum absolute atomic E-state index is 0.00828. The van der Waals surface area contributed by atoms with E-state index in [2.05, 4.69) is 44.5 Å². The number of carboxylic acids is 1. The molecule has 0 aliphatic carbocycles. The zero-order valence-electron chi connectivity index (χ0n) is 20.9. The predicted octanol–water partition coefficient (Wildman–Crippen LogP) is 4.42. The van der Waals surface area contributed by atoms with Gasteiger partial charge in [0.05, 0.1) is 30.2 Å². The zero-order valence-corrected chi connectivity index (χ0v) is 21.6. The number of aliphatic carboxylic acids is 1. The molecule has 1 aliphatic heterocycles. The lowest BCUT2D eigenvalue weighted by Crippen LogP contribution is -2.41. The van der Waals surface area contributed by atoms with Crippen LogP contribution in [-0.4, -0.2) is 72.1 Å². The molecule has 0 radical (unpaired) electrons. The number of hydrogen-bond acceptors (Lipinski definition) is 9. The highest BCUT2D eigenvalue weighted by atomic mass is 35.5. The number of ether oxygens (including phenoxy) is 1. The molecule has 0 amide bonds. The van der Waals surface area contributed by atoms with Crippen LogP contribution in [0.4, 0.5) is 28.8 Å². The molecule has 11 heteroatoms. The lowest BCUT2D eigenvalue weighted by atomic mass is 10.0. The minimum atomic E-state index is -1.55. The highest BCUT2D eigenvalue weighted by Gasteiger charge is 2.22. The number of benzene rings is 2. The first-order valence-electron chi connectivity index (χ1n) is 11.8. The number of carboxylic acid groups (broad SMARTS) is 1. The molecule has 0 atom stereocenters. The third-order valence-electron chi connectivity index (χ3n) is 6.35. The van der Waals surface area contributed by atoms with Crippen LogP contribution in [0, 0.1) is 0 Å². The third kappa shape index (κ3) is 6.10. The van der Waals surface area contributed by atoms with Gasteiger partial charge in [-0.1, -0.05) is 23.7 Å². The van der Waals surface area contributed by atoms with Crippen LogP contribution in [0.5, 0.6) is 5.75 Å². The number of hydrogen-bond donors (Lipinski definition) is 3. The van der Waals surface area contributed by atoms with Gasteiger partial charge >= 0.3 is 5.97 Å². The van der Waals surface area contributed by atoms with E-state index >= 15 is 0 Å². The van der Waals surface area contributed by atoms with Gasteiger partial charge in [0, 0.05) is 30.9 Å². The van der Waals surface area contributed by atoms with Crippen LogP contribution in [-0.2, 0) is 4.79 Å². The van der Waals surface area contributed by atoms with Gasteiger partial charge in [0.25, 0.3) is 5.78 Å². The Kier molecular flexibility index (Phi) is 8.10. The van der Waals surface area contributed by atoms with E-state index in [9.17, 15) is 9.59 Å². The maximum atomic E-state index is 12.1. The van der Waals surface area contributed by atoms with Crippen molar-refractivity contribution in [3.63, 3.8) is 0 Å². The normalized spacial score (nSPS) is 13.9. The summed E-state index contributed by atoms with van der Waals surface area (Å²) in [6.45, 7) is 1.94. The second-order valence-corrected chi connectivity index (χ2v) is 9.29. The van der Waals surface area contributed by atoms with Crippen molar-refractivity contribution >= 4 is 52.2 Å². The van der Waals surface area contributed by atoms with Crippen molar-refractivity contribution in [1.29, 1.82) is 0 Å². The van der Waals surface area contributed by atoms with Crippen LogP contribution in [0.15, 0.2) is 48.7 Å². The van der Waals surface area contributed by atoms with Gasteiger partial charge in [-0.2, -0.15) is 4.98 Å². The third-order valence-corrected chi connectivity index (χ3v) is 6.63. The van der Waals surface area contributed by atoms with Crippen LogP contribution in [0.1, 0.15) is 23.2 Å². The summed E-state index contributed by atoms with van der Waals surface area (Å²) in [5.41, 5.74) is 2.01. The van der Waals surface area contributed by atoms with Gasteiger partial charge in [0.1, 0.15) is 10.8 Å². The topological polar surface area (TPSA) is 120 Å². The van der Waals surface area contributed by atoms with E-state index in [4.69, 9.17) is 21.4 Å². The Morgan fingerprint density at radius 2 is 1.84 bits per heavy atom. The quantitative estimate of drug-likeness (QED) is 0.274. The summed E-state index contributed by atoms with van der Waals surface area (Å²) < 4.78 is 5.63. The molecule has 1 aliphatic rings. The molecule has 1 saturated heterocycles. The van der Waals surface area contributed by atoms with Crippen LogP contribution in [0.3, 0.4) is 0 Å². The van der Waals surface area contributed by atoms with Crippen molar-refractivity contribution in [3.8, 4) is 5.75 Å². The van der Waals surface area contributed by atoms with E-state index in [1.165, 1.54) is 12.3 Å². The van der Waals surface area contributed by atoms with Gasteiger partial charge in [-0.05, 0) is 51.2 Å². The number of halogens is 1. The van der Waals surface area contributed by atoms with Gasteiger partial charge in [-0.3, -0.25) is 4.79 Å². The second kappa shape index (κ2) is 11.4. The first kappa shape index (κ1) is 26.2. The number of nitrogens with one attached hydrogen (secondary N) is 2. The number of aromatic nitrogens is 2. The molecule has 194 valence electrons. The number of ketones is 1. The molecule has 37 heavy (non-hydrogen) atoms. The number of anilines is 5. The Morgan fingerprint density at radius 1 is 1.11 bits per heavy atom. The number of carbonyl (C=O) groups is 2. The lowest BCUT2D eigenvalue weighted by molar-refractivity contribution is -0.131. The summed E-state index contributed by atoms with van der Waals surface area (Å²) in [6.07, 6.45) is 3.62. The van der Waals surface area contributed by atoms with E-state index < -0.39 is 11.8 Å². The lowest BCUT2D eigenvalue weighted by Gasteiger charge is -2.36. The van der Waals surface area contributed by atoms with Crippen molar-refractivity contribution in [2.75, 3.05) is 49.8 Å². The van der Waals surface area contributed by atoms with Gasteiger partial charge in [0.2, 0.25) is 5.95 Å². The molecule has 2 heterocycles. The largest absolute Gasteiger partial charge is 0.494 e. The fourth-order valence-electron chi connectivity index (χ4n) is 4.29. The molecule has 1 fully saturated rings. The van der Waals surface area contributed by atoms with E-state index in [0.717, 1.165) is 31.6 Å². The van der Waals surface area contributed by atoms with Crippen molar-refractivity contribution in [2.45, 2.75) is 18.9 Å². The number of rotatable bonds is 9. The maximum Gasteiger partial charge on any atom is 0.377 e. The number of para-hydroxylation sites is 1.